The molecule has 3 aromatic rings. The minimum Gasteiger partial charge on any atom is -0.437 e. The molecule has 2 aromatic heterocycles. The van der Waals surface area contributed by atoms with E-state index in [4.69, 9.17) is 4.74 Å². The van der Waals surface area contributed by atoms with E-state index < -0.39 is 0 Å². The first kappa shape index (κ1) is 9.64. The number of hydrogen-bond acceptors (Lipinski definition) is 5. The van der Waals surface area contributed by atoms with Crippen LogP contribution < -0.4 is 4.74 Å². The fraction of sp³-hybridized carbons (Fsp3) is 0. The van der Waals surface area contributed by atoms with E-state index in [1.807, 2.05) is 0 Å². The van der Waals surface area contributed by atoms with Crippen LogP contribution in [0.5, 0.6) is 11.6 Å². The van der Waals surface area contributed by atoms with E-state index in [0.717, 1.165) is 0 Å². The lowest BCUT2D eigenvalue weighted by Crippen LogP contribution is -1.97. The number of hydrogen-bond donors (Lipinski definition) is 0. The van der Waals surface area contributed by atoms with Gasteiger partial charge in [-0.2, -0.15) is 0 Å². The SMILES string of the molecule is Fc1cccc(Oc2ccc3nnnn3n2)c1. The second-order valence-corrected chi connectivity index (χ2v) is 3.26. The van der Waals surface area contributed by atoms with Crippen molar-refractivity contribution in [1.29, 1.82) is 0 Å². The Bertz CT molecular complexity index is 668. The first-order valence-electron chi connectivity index (χ1n) is 4.80. The van der Waals surface area contributed by atoms with Crippen molar-refractivity contribution >= 4 is 5.65 Å². The largest absolute Gasteiger partial charge is 0.437 e. The van der Waals surface area contributed by atoms with Gasteiger partial charge in [-0.05, 0) is 28.6 Å². The van der Waals surface area contributed by atoms with Gasteiger partial charge in [0.15, 0.2) is 5.65 Å². The fourth-order valence-electron chi connectivity index (χ4n) is 1.34. The predicted octanol–water partition coefficient (Wildman–Crippen LogP) is 1.45. The third-order valence-corrected chi connectivity index (χ3v) is 2.06. The Morgan fingerprint density at radius 3 is 3.00 bits per heavy atom. The van der Waals surface area contributed by atoms with E-state index in [1.165, 1.54) is 16.8 Å². The van der Waals surface area contributed by atoms with E-state index in [9.17, 15) is 4.39 Å². The average molecular weight is 231 g/mol. The molecule has 7 heteroatoms. The van der Waals surface area contributed by atoms with Gasteiger partial charge >= 0.3 is 0 Å². The van der Waals surface area contributed by atoms with Crippen LogP contribution in [0.1, 0.15) is 0 Å². The first-order valence-corrected chi connectivity index (χ1v) is 4.80. The zero-order chi connectivity index (χ0) is 11.7. The lowest BCUT2D eigenvalue weighted by molar-refractivity contribution is 0.443. The minimum absolute atomic E-state index is 0.287. The van der Waals surface area contributed by atoms with Crippen molar-refractivity contribution in [2.24, 2.45) is 0 Å². The molecule has 17 heavy (non-hydrogen) atoms. The molecular weight excluding hydrogens is 225 g/mol. The van der Waals surface area contributed by atoms with Crippen molar-refractivity contribution in [2.75, 3.05) is 0 Å². The standard InChI is InChI=1S/C10H6FN5O/c11-7-2-1-3-8(6-7)17-10-5-4-9-12-14-15-16(9)13-10/h1-6H. The third kappa shape index (κ3) is 1.89. The summed E-state index contributed by atoms with van der Waals surface area (Å²) in [5, 5.41) is 14.8. The summed E-state index contributed by atoms with van der Waals surface area (Å²) in [7, 11) is 0. The summed E-state index contributed by atoms with van der Waals surface area (Å²) in [6.07, 6.45) is 0. The number of nitrogens with zero attached hydrogens (tertiary/aromatic N) is 5. The van der Waals surface area contributed by atoms with Crippen LogP contribution in [0.2, 0.25) is 0 Å². The normalized spacial score (nSPS) is 10.6. The summed E-state index contributed by atoms with van der Waals surface area (Å²) in [6.45, 7) is 0. The summed E-state index contributed by atoms with van der Waals surface area (Å²) in [6, 6.07) is 9.06. The molecule has 0 aliphatic heterocycles. The monoisotopic (exact) mass is 231 g/mol. The van der Waals surface area contributed by atoms with E-state index in [2.05, 4.69) is 20.6 Å². The summed E-state index contributed by atoms with van der Waals surface area (Å²) in [5.41, 5.74) is 0.511. The van der Waals surface area contributed by atoms with Crippen molar-refractivity contribution < 1.29 is 9.13 Å². The lowest BCUT2D eigenvalue weighted by atomic mass is 10.3. The molecule has 0 atom stereocenters. The van der Waals surface area contributed by atoms with E-state index in [1.54, 1.807) is 24.3 Å². The van der Waals surface area contributed by atoms with Crippen LogP contribution in [0.4, 0.5) is 4.39 Å². The van der Waals surface area contributed by atoms with E-state index >= 15 is 0 Å². The molecule has 0 N–H and O–H groups in total. The second kappa shape index (κ2) is 3.78. The molecular formula is C10H6FN5O. The number of aromatic nitrogens is 5. The molecule has 0 amide bonds. The predicted molar refractivity (Wildman–Crippen MR) is 55.1 cm³/mol. The molecule has 0 spiro atoms. The van der Waals surface area contributed by atoms with E-state index in [0.29, 0.717) is 11.4 Å². The van der Waals surface area contributed by atoms with Crippen LogP contribution >= 0.6 is 0 Å². The number of rotatable bonds is 2. The van der Waals surface area contributed by atoms with Gasteiger partial charge in [0, 0.05) is 12.1 Å². The van der Waals surface area contributed by atoms with Crippen LogP contribution in [-0.4, -0.2) is 25.3 Å². The Morgan fingerprint density at radius 2 is 2.12 bits per heavy atom. The maximum Gasteiger partial charge on any atom is 0.239 e. The molecule has 1 aromatic carbocycles. The number of fused-ring (bicyclic) bond motifs is 1. The molecule has 3 rings (SSSR count). The van der Waals surface area contributed by atoms with Crippen molar-refractivity contribution in [3.8, 4) is 11.6 Å². The van der Waals surface area contributed by atoms with Crippen LogP contribution in [0.15, 0.2) is 36.4 Å². The molecule has 0 unspecified atom stereocenters. The van der Waals surface area contributed by atoms with Crippen molar-refractivity contribution in [3.05, 3.63) is 42.2 Å². The van der Waals surface area contributed by atoms with Crippen LogP contribution in [0.25, 0.3) is 5.65 Å². The summed E-state index contributed by atoms with van der Waals surface area (Å²) in [5.74, 6) is 0.284. The summed E-state index contributed by atoms with van der Waals surface area (Å²) < 4.78 is 19.5. The Kier molecular flexibility index (Phi) is 2.14. The molecule has 2 heterocycles. The van der Waals surface area contributed by atoms with Gasteiger partial charge in [-0.3, -0.25) is 0 Å². The Labute approximate surface area is 94.6 Å². The van der Waals surface area contributed by atoms with Crippen LogP contribution in [0, 0.1) is 5.82 Å². The van der Waals surface area contributed by atoms with Crippen LogP contribution in [0.3, 0.4) is 0 Å². The molecule has 0 aliphatic carbocycles. The molecule has 0 radical (unpaired) electrons. The lowest BCUT2D eigenvalue weighted by Gasteiger charge is -2.03. The molecule has 0 bridgehead atoms. The number of benzene rings is 1. The highest BCUT2D eigenvalue weighted by atomic mass is 19.1. The summed E-state index contributed by atoms with van der Waals surface area (Å²) in [4.78, 5) is 0. The zero-order valence-electron chi connectivity index (χ0n) is 8.49. The Morgan fingerprint density at radius 1 is 1.18 bits per heavy atom. The Balaban J connectivity index is 1.94. The van der Waals surface area contributed by atoms with Crippen molar-refractivity contribution in [2.45, 2.75) is 0 Å². The smallest absolute Gasteiger partial charge is 0.239 e. The van der Waals surface area contributed by atoms with Crippen molar-refractivity contribution in [3.63, 3.8) is 0 Å². The third-order valence-electron chi connectivity index (χ3n) is 2.06. The Hall–Kier alpha value is -2.57. The summed E-state index contributed by atoms with van der Waals surface area (Å²) >= 11 is 0. The van der Waals surface area contributed by atoms with Gasteiger partial charge in [-0.1, -0.05) is 6.07 Å². The van der Waals surface area contributed by atoms with Crippen molar-refractivity contribution in [1.82, 2.24) is 25.3 Å². The maximum absolute atomic E-state index is 12.9. The molecule has 84 valence electrons. The highest BCUT2D eigenvalue weighted by Crippen LogP contribution is 2.19. The number of tetrazole rings is 1. The average Bonchev–Trinajstić information content (AvgIpc) is 2.76. The highest BCUT2D eigenvalue weighted by Gasteiger charge is 2.03. The van der Waals surface area contributed by atoms with E-state index in [-0.39, 0.29) is 11.7 Å². The fourth-order valence-corrected chi connectivity index (χ4v) is 1.34. The van der Waals surface area contributed by atoms with Gasteiger partial charge in [-0.15, -0.1) is 14.8 Å². The van der Waals surface area contributed by atoms with Gasteiger partial charge in [0.1, 0.15) is 11.6 Å². The minimum atomic E-state index is -0.369. The quantitative estimate of drug-likeness (QED) is 0.667. The molecule has 0 fully saturated rings. The van der Waals surface area contributed by atoms with Gasteiger partial charge in [0.2, 0.25) is 5.88 Å². The van der Waals surface area contributed by atoms with Gasteiger partial charge in [0.25, 0.3) is 0 Å². The topological polar surface area (TPSA) is 65.2 Å². The first-order chi connectivity index (χ1) is 8.31. The molecule has 0 aliphatic rings. The van der Waals surface area contributed by atoms with Gasteiger partial charge in [0.05, 0.1) is 0 Å². The van der Waals surface area contributed by atoms with Gasteiger partial charge in [-0.25, -0.2) is 4.39 Å². The molecule has 0 saturated carbocycles. The van der Waals surface area contributed by atoms with Gasteiger partial charge < -0.3 is 4.74 Å². The highest BCUT2D eigenvalue weighted by molar-refractivity contribution is 5.35. The number of halogens is 1. The second-order valence-electron chi connectivity index (χ2n) is 3.26. The van der Waals surface area contributed by atoms with Crippen LogP contribution in [-0.2, 0) is 0 Å². The zero-order valence-corrected chi connectivity index (χ0v) is 8.49. The maximum atomic E-state index is 12.9. The molecule has 6 nitrogen and oxygen atoms in total. The number of ether oxygens (including phenoxy) is 1. The molecule has 0 saturated heterocycles.